The second-order valence-corrected chi connectivity index (χ2v) is 5.84. The Bertz CT molecular complexity index is 530. The fourth-order valence-electron chi connectivity index (χ4n) is 1.11. The lowest BCUT2D eigenvalue weighted by atomic mass is 10.3. The van der Waals surface area contributed by atoms with Crippen LogP contribution in [0, 0.1) is 0 Å². The van der Waals surface area contributed by atoms with Gasteiger partial charge in [0.2, 0.25) is 10.0 Å². The van der Waals surface area contributed by atoms with Crippen molar-refractivity contribution >= 4 is 31.8 Å². The Morgan fingerprint density at radius 2 is 2.12 bits per heavy atom. The minimum atomic E-state index is -3.71. The van der Waals surface area contributed by atoms with E-state index in [1.807, 2.05) is 0 Å². The summed E-state index contributed by atoms with van der Waals surface area (Å²) in [6.45, 7) is 1.48. The summed E-state index contributed by atoms with van der Waals surface area (Å²) >= 11 is 3.15. The van der Waals surface area contributed by atoms with E-state index < -0.39 is 16.1 Å². The minimum absolute atomic E-state index is 0.0950. The molecule has 0 aliphatic carbocycles. The largest absolute Gasteiger partial charge is 0.409 e. The van der Waals surface area contributed by atoms with Gasteiger partial charge in [-0.05, 0) is 35.0 Å². The number of oxime groups is 1. The van der Waals surface area contributed by atoms with Crippen LogP contribution in [0.15, 0.2) is 38.8 Å². The molecule has 1 atom stereocenters. The summed E-state index contributed by atoms with van der Waals surface area (Å²) in [5.41, 5.74) is 5.30. The highest BCUT2D eigenvalue weighted by Crippen LogP contribution is 2.20. The third-order valence-corrected chi connectivity index (χ3v) is 4.57. The second-order valence-electron chi connectivity index (χ2n) is 3.30. The molecular weight excluding hydrogens is 310 g/mol. The number of nitrogens with two attached hydrogens (primary N) is 1. The number of nitrogens with zero attached hydrogens (tertiary/aromatic N) is 1. The van der Waals surface area contributed by atoms with Gasteiger partial charge in [-0.25, -0.2) is 13.1 Å². The van der Waals surface area contributed by atoms with Crippen LogP contribution < -0.4 is 10.5 Å². The van der Waals surface area contributed by atoms with Crippen LogP contribution in [0.3, 0.4) is 0 Å². The topological polar surface area (TPSA) is 105 Å². The molecule has 1 rings (SSSR count). The number of hydrogen-bond donors (Lipinski definition) is 3. The van der Waals surface area contributed by atoms with Crippen LogP contribution in [0.4, 0.5) is 0 Å². The predicted octanol–water partition coefficient (Wildman–Crippen LogP) is 0.862. The molecule has 0 amide bonds. The van der Waals surface area contributed by atoms with Crippen molar-refractivity contribution in [1.29, 1.82) is 0 Å². The third-order valence-electron chi connectivity index (χ3n) is 2.02. The van der Waals surface area contributed by atoms with Crippen LogP contribution in [-0.4, -0.2) is 25.5 Å². The normalized spacial score (nSPS) is 14.6. The highest BCUT2D eigenvalue weighted by Gasteiger charge is 2.21. The van der Waals surface area contributed by atoms with Gasteiger partial charge in [-0.2, -0.15) is 0 Å². The lowest BCUT2D eigenvalue weighted by Crippen LogP contribution is -2.42. The fraction of sp³-hybridized carbons (Fsp3) is 0.222. The van der Waals surface area contributed by atoms with Gasteiger partial charge in [0.25, 0.3) is 0 Å². The molecule has 4 N–H and O–H groups in total. The fourth-order valence-corrected chi connectivity index (χ4v) is 3.33. The van der Waals surface area contributed by atoms with E-state index >= 15 is 0 Å². The molecule has 0 heterocycles. The molecule has 17 heavy (non-hydrogen) atoms. The summed E-state index contributed by atoms with van der Waals surface area (Å²) in [6, 6.07) is 5.58. The van der Waals surface area contributed by atoms with Crippen molar-refractivity contribution in [3.05, 3.63) is 28.7 Å². The average Bonchev–Trinajstić information content (AvgIpc) is 2.27. The van der Waals surface area contributed by atoms with Gasteiger partial charge >= 0.3 is 0 Å². The zero-order chi connectivity index (χ0) is 13.1. The van der Waals surface area contributed by atoms with Crippen LogP contribution in [0.5, 0.6) is 0 Å². The van der Waals surface area contributed by atoms with E-state index in [0.29, 0.717) is 4.47 Å². The van der Waals surface area contributed by atoms with E-state index in [9.17, 15) is 8.42 Å². The van der Waals surface area contributed by atoms with E-state index in [1.54, 1.807) is 18.2 Å². The maximum atomic E-state index is 12.0. The molecule has 0 fully saturated rings. The molecule has 6 nitrogen and oxygen atoms in total. The van der Waals surface area contributed by atoms with Crippen molar-refractivity contribution in [1.82, 2.24) is 4.72 Å². The molecule has 1 aromatic rings. The molecule has 94 valence electrons. The summed E-state index contributed by atoms with van der Waals surface area (Å²) in [5.74, 6) is -0.208. The first-order valence-electron chi connectivity index (χ1n) is 4.62. The molecule has 0 radical (unpaired) electrons. The van der Waals surface area contributed by atoms with E-state index in [2.05, 4.69) is 25.8 Å². The predicted molar refractivity (Wildman–Crippen MR) is 67.3 cm³/mol. The summed E-state index contributed by atoms with van der Waals surface area (Å²) in [6.07, 6.45) is 0. The van der Waals surface area contributed by atoms with Gasteiger partial charge in [-0.15, -0.1) is 0 Å². The summed E-state index contributed by atoms with van der Waals surface area (Å²) in [5, 5.41) is 11.2. The number of sulfonamides is 1. The lowest BCUT2D eigenvalue weighted by Gasteiger charge is -2.13. The standard InChI is InChI=1S/C9H12BrN3O3S/c1-6(9(11)12-14)13-17(15,16)8-5-3-2-4-7(8)10/h2-6,13-14H,1H3,(H2,11,12). The van der Waals surface area contributed by atoms with Gasteiger partial charge in [0.05, 0.1) is 10.9 Å². The monoisotopic (exact) mass is 321 g/mol. The van der Waals surface area contributed by atoms with Gasteiger partial charge in [-0.1, -0.05) is 17.3 Å². The van der Waals surface area contributed by atoms with E-state index in [1.165, 1.54) is 13.0 Å². The Balaban J connectivity index is 3.02. The second kappa shape index (κ2) is 5.48. The van der Waals surface area contributed by atoms with Crippen LogP contribution >= 0.6 is 15.9 Å². The first kappa shape index (κ1) is 13.9. The minimum Gasteiger partial charge on any atom is -0.409 e. The SMILES string of the molecule is CC(NS(=O)(=O)c1ccccc1Br)/C(N)=N/O. The number of amidine groups is 1. The smallest absolute Gasteiger partial charge is 0.242 e. The number of rotatable bonds is 4. The van der Waals surface area contributed by atoms with Crippen LogP contribution in [0.25, 0.3) is 0 Å². The number of halogens is 1. The zero-order valence-corrected chi connectivity index (χ0v) is 11.4. The quantitative estimate of drug-likeness (QED) is 0.331. The third kappa shape index (κ3) is 3.42. The molecule has 0 saturated carbocycles. The Labute approximate surface area is 108 Å². The molecule has 0 spiro atoms. The van der Waals surface area contributed by atoms with Crippen molar-refractivity contribution in [2.45, 2.75) is 17.9 Å². The van der Waals surface area contributed by atoms with Crippen LogP contribution in [-0.2, 0) is 10.0 Å². The van der Waals surface area contributed by atoms with E-state index in [4.69, 9.17) is 10.9 Å². The molecule has 0 aliphatic heterocycles. The number of benzene rings is 1. The van der Waals surface area contributed by atoms with Gasteiger partial charge in [-0.3, -0.25) is 0 Å². The molecular formula is C9H12BrN3O3S. The number of hydrogen-bond acceptors (Lipinski definition) is 4. The summed E-state index contributed by atoms with van der Waals surface area (Å²) < 4.78 is 26.6. The van der Waals surface area contributed by atoms with Gasteiger partial charge in [0.1, 0.15) is 0 Å². The Morgan fingerprint density at radius 1 is 1.53 bits per heavy atom. The zero-order valence-electron chi connectivity index (χ0n) is 8.96. The molecule has 1 unspecified atom stereocenters. The van der Waals surface area contributed by atoms with Gasteiger partial charge in [0, 0.05) is 4.47 Å². The summed E-state index contributed by atoms with van der Waals surface area (Å²) in [4.78, 5) is 0.0950. The van der Waals surface area contributed by atoms with Crippen molar-refractivity contribution in [2.75, 3.05) is 0 Å². The molecule has 0 bridgehead atoms. The van der Waals surface area contributed by atoms with Gasteiger partial charge in [0.15, 0.2) is 5.84 Å². The summed E-state index contributed by atoms with van der Waals surface area (Å²) in [7, 11) is -3.71. The molecule has 0 saturated heterocycles. The average molecular weight is 322 g/mol. The van der Waals surface area contributed by atoms with E-state index in [-0.39, 0.29) is 10.7 Å². The maximum Gasteiger partial charge on any atom is 0.242 e. The molecule has 8 heteroatoms. The van der Waals surface area contributed by atoms with Gasteiger partial charge < -0.3 is 10.9 Å². The highest BCUT2D eigenvalue weighted by atomic mass is 79.9. The van der Waals surface area contributed by atoms with Crippen molar-refractivity contribution in [3.63, 3.8) is 0 Å². The van der Waals surface area contributed by atoms with Crippen molar-refractivity contribution < 1.29 is 13.6 Å². The van der Waals surface area contributed by atoms with Crippen LogP contribution in [0.2, 0.25) is 0 Å². The Hall–Kier alpha value is -1.12. The Kier molecular flexibility index (Phi) is 4.49. The molecule has 0 aliphatic rings. The van der Waals surface area contributed by atoms with Crippen molar-refractivity contribution in [3.8, 4) is 0 Å². The first-order chi connectivity index (χ1) is 7.88. The first-order valence-corrected chi connectivity index (χ1v) is 6.90. The van der Waals surface area contributed by atoms with Crippen molar-refractivity contribution in [2.24, 2.45) is 10.9 Å². The Morgan fingerprint density at radius 3 is 2.65 bits per heavy atom. The lowest BCUT2D eigenvalue weighted by molar-refractivity contribution is 0.316. The number of nitrogens with one attached hydrogen (secondary N) is 1. The maximum absolute atomic E-state index is 12.0. The van der Waals surface area contributed by atoms with E-state index in [0.717, 1.165) is 0 Å². The molecule has 1 aromatic carbocycles. The molecule has 0 aromatic heterocycles. The van der Waals surface area contributed by atoms with Crippen LogP contribution in [0.1, 0.15) is 6.92 Å². The highest BCUT2D eigenvalue weighted by molar-refractivity contribution is 9.10.